The Bertz CT molecular complexity index is 984. The molecule has 5 N–H and O–H groups in total. The second-order valence-corrected chi connectivity index (χ2v) is 8.27. The molecular weight excluding hydrogens is 432 g/mol. The van der Waals surface area contributed by atoms with Crippen molar-refractivity contribution in [3.8, 4) is 0 Å². The first kappa shape index (κ1) is 23.3. The zero-order chi connectivity index (χ0) is 20.9. The van der Waals surface area contributed by atoms with Gasteiger partial charge < -0.3 is 35.2 Å². The zero-order valence-corrected chi connectivity index (χ0v) is 19.0. The van der Waals surface area contributed by atoms with Crippen molar-refractivity contribution >= 4 is 19.5 Å². The number of imidazole rings is 2. The van der Waals surface area contributed by atoms with E-state index in [-0.39, 0.29) is 47.0 Å². The molecular formula is C14H19N7NaO7P. The first-order valence-electron chi connectivity index (χ1n) is 8.51. The third kappa shape index (κ3) is 4.08. The number of hydrogen-bond donors (Lipinski definition) is 4. The number of aliphatic hydroxyl groups is 2. The summed E-state index contributed by atoms with van der Waals surface area (Å²) in [6, 6.07) is 0. The number of hydrogen-bond acceptors (Lipinski definition) is 11. The van der Waals surface area contributed by atoms with Crippen molar-refractivity contribution < 1.29 is 68.2 Å². The van der Waals surface area contributed by atoms with Gasteiger partial charge in [0.25, 0.3) is 11.8 Å². The van der Waals surface area contributed by atoms with Crippen molar-refractivity contribution in [2.45, 2.75) is 30.8 Å². The fraction of sp³-hybridized carbons (Fsp3) is 0.500. The van der Waals surface area contributed by atoms with E-state index < -0.39 is 45.1 Å². The van der Waals surface area contributed by atoms with Crippen LogP contribution in [-0.4, -0.2) is 55.0 Å². The predicted octanol–water partition coefficient (Wildman–Crippen LogP) is -6.74. The van der Waals surface area contributed by atoms with Crippen molar-refractivity contribution in [2.24, 2.45) is 17.8 Å². The van der Waals surface area contributed by atoms with Crippen LogP contribution < -0.4 is 55.2 Å². The summed E-state index contributed by atoms with van der Waals surface area (Å²) in [4.78, 5) is 19.4. The van der Waals surface area contributed by atoms with Gasteiger partial charge in [0.1, 0.15) is 24.6 Å². The van der Waals surface area contributed by atoms with Crippen LogP contribution in [0.25, 0.3) is 0 Å². The molecule has 0 spiro atoms. The molecule has 4 heterocycles. The van der Waals surface area contributed by atoms with Crippen LogP contribution in [0.1, 0.15) is 18.1 Å². The summed E-state index contributed by atoms with van der Waals surface area (Å²) in [5.41, 5.74) is 5.88. The number of anilines is 1. The van der Waals surface area contributed by atoms with Crippen LogP contribution >= 0.6 is 7.75 Å². The number of aryl methyl sites for hydroxylation is 1. The number of aliphatic hydroxyl groups excluding tert-OH is 2. The Labute approximate surface area is 192 Å². The van der Waals surface area contributed by atoms with E-state index in [1.54, 1.807) is 7.05 Å². The number of ether oxygens (including phenoxy) is 1. The van der Waals surface area contributed by atoms with Gasteiger partial charge in [0.15, 0.2) is 12.0 Å². The minimum atomic E-state index is -4.48. The normalized spacial score (nSPS) is 30.0. The molecule has 0 radical (unpaired) electrons. The molecule has 158 valence electrons. The average Bonchev–Trinajstić information content (AvgIpc) is 3.35. The topological polar surface area (TPSA) is 199 Å². The Morgan fingerprint density at radius 2 is 2.20 bits per heavy atom. The quantitative estimate of drug-likeness (QED) is 0.192. The number of nitrogens with two attached hydrogens (primary N) is 1. The van der Waals surface area contributed by atoms with E-state index in [9.17, 15) is 24.8 Å². The molecule has 2 aliphatic rings. The van der Waals surface area contributed by atoms with Gasteiger partial charge in [-0.05, 0) is 0 Å². The van der Waals surface area contributed by atoms with Crippen LogP contribution in [-0.2, 0) is 20.9 Å². The van der Waals surface area contributed by atoms with Crippen molar-refractivity contribution in [1.29, 1.82) is 0 Å². The number of nitrogens with zero attached hydrogens (tertiary/aromatic N) is 5. The fourth-order valence-corrected chi connectivity index (χ4v) is 4.17. The Morgan fingerprint density at radius 3 is 2.87 bits per heavy atom. The molecule has 2 aromatic rings. The maximum Gasteiger partial charge on any atom is 1.00 e. The fourth-order valence-electron chi connectivity index (χ4n) is 3.29. The molecule has 14 nitrogen and oxygen atoms in total. The second kappa shape index (κ2) is 8.67. The van der Waals surface area contributed by atoms with Gasteiger partial charge in [0.05, 0.1) is 13.7 Å². The van der Waals surface area contributed by atoms with Crippen molar-refractivity contribution in [3.05, 3.63) is 30.7 Å². The molecule has 0 aromatic carbocycles. The third-order valence-electron chi connectivity index (χ3n) is 4.70. The summed E-state index contributed by atoms with van der Waals surface area (Å²) < 4.78 is 26.3. The van der Waals surface area contributed by atoms with E-state index in [1.807, 2.05) is 0 Å². The van der Waals surface area contributed by atoms with E-state index in [4.69, 9.17) is 15.0 Å². The van der Waals surface area contributed by atoms with Crippen LogP contribution in [0.5, 0.6) is 0 Å². The summed E-state index contributed by atoms with van der Waals surface area (Å²) in [7, 11) is -2.88. The molecule has 4 rings (SSSR count). The van der Waals surface area contributed by atoms with Gasteiger partial charge in [-0.3, -0.25) is 13.5 Å². The van der Waals surface area contributed by atoms with Gasteiger partial charge in [-0.2, -0.15) is 0 Å². The van der Waals surface area contributed by atoms with E-state index in [2.05, 4.69) is 15.3 Å². The molecule has 0 aliphatic carbocycles. The number of rotatable bonds is 5. The third-order valence-corrected chi connectivity index (χ3v) is 5.98. The van der Waals surface area contributed by atoms with Gasteiger partial charge in [0, 0.05) is 18.6 Å². The van der Waals surface area contributed by atoms with Gasteiger partial charge in [0.2, 0.25) is 14.0 Å². The number of guanidine groups is 1. The van der Waals surface area contributed by atoms with E-state index >= 15 is 0 Å². The standard InChI is InChI=1S/C14H20N7O7P.Na/c1-19-6-21(11-8(19)12(24)18-14(15)17-11)13-10(23)9(22)7(28-13)4-27-29(25,26)20-3-2-16-5-20;/h2-3,5-7,9-10,12-13,22-23H,4H2,1H3,(H,25,26)(H3,15,17,18);/q;+1/p-1/t7-,9-,10-,12?,13-;/m1./s1. The SMILES string of the molecule is Cn1c[n+]([C@@H]2O[C@H](COP(=O)([O-])n3ccnc3)[C@@H](O)[C@H]2O)c2c1C([O-])N=C(N)N2.[Na+]. The maximum atomic E-state index is 12.2. The smallest absolute Gasteiger partial charge is 0.829 e. The second-order valence-electron chi connectivity index (χ2n) is 6.61. The van der Waals surface area contributed by atoms with Crippen molar-refractivity contribution in [1.82, 2.24) is 13.9 Å². The van der Waals surface area contributed by atoms with Crippen LogP contribution in [0, 0.1) is 0 Å². The van der Waals surface area contributed by atoms with Crippen LogP contribution in [0.2, 0.25) is 0 Å². The first-order chi connectivity index (χ1) is 13.7. The number of nitrogens with one attached hydrogen (secondary N) is 1. The molecule has 6 atom stereocenters. The summed E-state index contributed by atoms with van der Waals surface area (Å²) >= 11 is 0. The summed E-state index contributed by atoms with van der Waals surface area (Å²) in [5, 5.41) is 35.7. The molecule has 0 amide bonds. The molecule has 2 unspecified atom stereocenters. The Balaban J connectivity index is 0.00000256. The van der Waals surface area contributed by atoms with Crippen LogP contribution in [0.15, 0.2) is 30.0 Å². The molecule has 2 aromatic heterocycles. The summed E-state index contributed by atoms with van der Waals surface area (Å²) in [5.74, 6) is 0.156. The molecule has 1 saturated heterocycles. The molecule has 0 bridgehead atoms. The molecule has 0 saturated carbocycles. The molecule has 30 heavy (non-hydrogen) atoms. The van der Waals surface area contributed by atoms with Crippen LogP contribution in [0.3, 0.4) is 0 Å². The summed E-state index contributed by atoms with van der Waals surface area (Å²) in [6.45, 7) is -0.537. The average molecular weight is 451 g/mol. The number of aliphatic imine (C=N–C) groups is 1. The number of fused-ring (bicyclic) bond motifs is 1. The predicted molar refractivity (Wildman–Crippen MR) is 90.7 cm³/mol. The maximum absolute atomic E-state index is 12.2. The van der Waals surface area contributed by atoms with Crippen LogP contribution in [0.4, 0.5) is 5.82 Å². The van der Waals surface area contributed by atoms with Crippen molar-refractivity contribution in [2.75, 3.05) is 11.9 Å². The minimum absolute atomic E-state index is 0. The monoisotopic (exact) mass is 451 g/mol. The summed E-state index contributed by atoms with van der Waals surface area (Å²) in [6.07, 6.45) is -1.61. The van der Waals surface area contributed by atoms with E-state index in [0.29, 0.717) is 0 Å². The Hall–Kier alpha value is -1.32. The van der Waals surface area contributed by atoms with Crippen molar-refractivity contribution in [3.63, 3.8) is 0 Å². The largest absolute Gasteiger partial charge is 1.00 e. The first-order valence-corrected chi connectivity index (χ1v) is 10.0. The van der Waals surface area contributed by atoms with Gasteiger partial charge in [-0.1, -0.05) is 0 Å². The van der Waals surface area contributed by atoms with Gasteiger partial charge in [-0.25, -0.2) is 19.9 Å². The Kier molecular flexibility index (Phi) is 6.74. The number of aromatic nitrogens is 4. The van der Waals surface area contributed by atoms with Gasteiger partial charge in [-0.15, -0.1) is 0 Å². The van der Waals surface area contributed by atoms with E-state index in [0.717, 1.165) is 10.7 Å². The van der Waals surface area contributed by atoms with Gasteiger partial charge >= 0.3 is 29.6 Å². The molecule has 16 heteroatoms. The van der Waals surface area contributed by atoms with E-state index in [1.165, 1.54) is 27.9 Å². The zero-order valence-electron chi connectivity index (χ0n) is 16.1. The minimum Gasteiger partial charge on any atom is -0.829 e. The molecule has 1 fully saturated rings. The molecule has 2 aliphatic heterocycles. The Morgan fingerprint density at radius 1 is 1.47 bits per heavy atom.